The quantitative estimate of drug-likeness (QED) is 0.359. The van der Waals surface area contributed by atoms with Gasteiger partial charge < -0.3 is 33.3 Å². The van der Waals surface area contributed by atoms with E-state index < -0.39 is 5.97 Å². The Bertz CT molecular complexity index is 282. The number of quaternary nitrogens is 1. The molecule has 7 heteroatoms. The summed E-state index contributed by atoms with van der Waals surface area (Å²) in [6.45, 7) is 6.92. The summed E-state index contributed by atoms with van der Waals surface area (Å²) in [5, 5.41) is 9.93. The fourth-order valence-electron chi connectivity index (χ4n) is 2.25. The van der Waals surface area contributed by atoms with Crippen molar-refractivity contribution in [3.05, 3.63) is 0 Å². The maximum atomic E-state index is 9.93. The van der Waals surface area contributed by atoms with Crippen LogP contribution in [0, 0.1) is 0 Å². The van der Waals surface area contributed by atoms with E-state index in [9.17, 15) is 9.90 Å². The molecular weight excluding hydrogens is 302 g/mol. The number of methoxy groups -OCH3 is 2. The molecule has 0 radical (unpaired) electrons. The summed E-state index contributed by atoms with van der Waals surface area (Å²) in [5.41, 5.74) is 0. The molecule has 0 amide bonds. The van der Waals surface area contributed by atoms with Crippen LogP contribution in [0.3, 0.4) is 0 Å². The van der Waals surface area contributed by atoms with E-state index in [1.165, 1.54) is 37.0 Å². The van der Waals surface area contributed by atoms with E-state index in [1.807, 2.05) is 0 Å². The SMILES string of the molecule is COCCOCCOCCC(=O)[O-].COCC[N+]1(C)CCCC1. The number of rotatable bonds is 12. The molecule has 0 unspecified atom stereocenters. The van der Waals surface area contributed by atoms with Gasteiger partial charge in [-0.3, -0.25) is 0 Å². The monoisotopic (exact) mass is 335 g/mol. The molecule has 1 heterocycles. The van der Waals surface area contributed by atoms with Crippen molar-refractivity contribution in [2.24, 2.45) is 0 Å². The first-order chi connectivity index (χ1) is 11.0. The van der Waals surface area contributed by atoms with Crippen molar-refractivity contribution in [2.75, 3.05) is 80.5 Å². The van der Waals surface area contributed by atoms with Crippen molar-refractivity contribution in [3.8, 4) is 0 Å². The minimum Gasteiger partial charge on any atom is -0.550 e. The van der Waals surface area contributed by atoms with Crippen LogP contribution in [0.1, 0.15) is 19.3 Å². The van der Waals surface area contributed by atoms with Crippen molar-refractivity contribution in [1.29, 1.82) is 0 Å². The molecule has 1 aliphatic heterocycles. The molecule has 138 valence electrons. The third-order valence-electron chi connectivity index (χ3n) is 3.74. The second-order valence-electron chi connectivity index (χ2n) is 5.83. The van der Waals surface area contributed by atoms with Crippen LogP contribution in [0.5, 0.6) is 0 Å². The predicted octanol–water partition coefficient (Wildman–Crippen LogP) is -0.321. The van der Waals surface area contributed by atoms with Crippen LogP contribution in [0.25, 0.3) is 0 Å². The molecule has 0 atom stereocenters. The summed E-state index contributed by atoms with van der Waals surface area (Å²) in [5.74, 6) is -1.10. The van der Waals surface area contributed by atoms with Gasteiger partial charge in [-0.25, -0.2) is 0 Å². The first-order valence-corrected chi connectivity index (χ1v) is 8.21. The molecular formula is C16H33NO6. The lowest BCUT2D eigenvalue weighted by molar-refractivity contribution is -0.897. The number of likely N-dealkylation sites (tertiary alicyclic amines) is 1. The van der Waals surface area contributed by atoms with Crippen LogP contribution >= 0.6 is 0 Å². The Morgan fingerprint density at radius 1 is 0.913 bits per heavy atom. The minimum atomic E-state index is -1.10. The number of carbonyl (C=O) groups is 1. The maximum absolute atomic E-state index is 9.93. The van der Waals surface area contributed by atoms with Gasteiger partial charge >= 0.3 is 0 Å². The standard InChI is InChI=1S/C8H18NO.C8H16O5/c1-9(7-8-10-2)5-3-4-6-9;1-11-4-5-13-7-6-12-3-2-8(9)10/h3-8H2,1-2H3;2-7H2,1H3,(H,9,10)/q+1;/p-1. The van der Waals surface area contributed by atoms with Crippen LogP contribution in [-0.2, 0) is 23.7 Å². The maximum Gasteiger partial charge on any atom is 0.102 e. The molecule has 7 nitrogen and oxygen atoms in total. The van der Waals surface area contributed by atoms with Crippen molar-refractivity contribution in [1.82, 2.24) is 0 Å². The molecule has 1 saturated heterocycles. The fraction of sp³-hybridized carbons (Fsp3) is 0.938. The van der Waals surface area contributed by atoms with E-state index in [-0.39, 0.29) is 13.0 Å². The average molecular weight is 335 g/mol. The van der Waals surface area contributed by atoms with E-state index in [4.69, 9.17) is 18.9 Å². The molecule has 0 bridgehead atoms. The van der Waals surface area contributed by atoms with E-state index in [1.54, 1.807) is 14.2 Å². The summed E-state index contributed by atoms with van der Waals surface area (Å²) in [4.78, 5) is 9.93. The van der Waals surface area contributed by atoms with E-state index in [0.29, 0.717) is 26.4 Å². The number of likely N-dealkylation sites (N-methyl/N-ethyl adjacent to an activating group) is 1. The number of carboxylic acids is 1. The van der Waals surface area contributed by atoms with Crippen LogP contribution in [0.4, 0.5) is 0 Å². The molecule has 23 heavy (non-hydrogen) atoms. The zero-order valence-electron chi connectivity index (χ0n) is 14.9. The zero-order valence-corrected chi connectivity index (χ0v) is 14.9. The van der Waals surface area contributed by atoms with E-state index >= 15 is 0 Å². The van der Waals surface area contributed by atoms with Gasteiger partial charge in [0.15, 0.2) is 0 Å². The molecule has 0 spiro atoms. The minimum absolute atomic E-state index is 0.0714. The third-order valence-corrected chi connectivity index (χ3v) is 3.74. The van der Waals surface area contributed by atoms with Crippen LogP contribution in [0.2, 0.25) is 0 Å². The number of hydrogen-bond donors (Lipinski definition) is 0. The Kier molecular flexibility index (Phi) is 14.4. The Labute approximate surface area is 140 Å². The lowest BCUT2D eigenvalue weighted by Gasteiger charge is -2.28. The Morgan fingerprint density at radius 2 is 1.43 bits per heavy atom. The van der Waals surface area contributed by atoms with Crippen LogP contribution in [-0.4, -0.2) is 91.0 Å². The highest BCUT2D eigenvalue weighted by Gasteiger charge is 2.25. The van der Waals surface area contributed by atoms with Crippen molar-refractivity contribution >= 4 is 5.97 Å². The number of nitrogens with zero attached hydrogens (tertiary/aromatic N) is 1. The van der Waals surface area contributed by atoms with Gasteiger partial charge in [-0.15, -0.1) is 0 Å². The molecule has 0 aliphatic carbocycles. The van der Waals surface area contributed by atoms with E-state index in [2.05, 4.69) is 7.05 Å². The lowest BCUT2D eigenvalue weighted by Crippen LogP contribution is -2.43. The van der Waals surface area contributed by atoms with Crippen molar-refractivity contribution < 1.29 is 33.3 Å². The second kappa shape index (κ2) is 14.8. The van der Waals surface area contributed by atoms with E-state index in [0.717, 1.165) is 6.61 Å². The zero-order chi connectivity index (χ0) is 17.4. The smallest absolute Gasteiger partial charge is 0.102 e. The second-order valence-corrected chi connectivity index (χ2v) is 5.83. The summed E-state index contributed by atoms with van der Waals surface area (Å²) in [7, 11) is 5.70. The van der Waals surface area contributed by atoms with Gasteiger partial charge in [0.25, 0.3) is 0 Å². The fourth-order valence-corrected chi connectivity index (χ4v) is 2.25. The third kappa shape index (κ3) is 14.6. The summed E-state index contributed by atoms with van der Waals surface area (Å²) in [6.07, 6.45) is 2.73. The molecule has 1 fully saturated rings. The van der Waals surface area contributed by atoms with Crippen LogP contribution in [0.15, 0.2) is 0 Å². The first kappa shape index (κ1) is 22.3. The van der Waals surface area contributed by atoms with Crippen molar-refractivity contribution in [3.63, 3.8) is 0 Å². The molecule has 0 aromatic carbocycles. The van der Waals surface area contributed by atoms with Gasteiger partial charge in [0, 0.05) is 39.5 Å². The largest absolute Gasteiger partial charge is 0.550 e. The van der Waals surface area contributed by atoms with Gasteiger partial charge in [-0.2, -0.15) is 0 Å². The molecule has 0 saturated carbocycles. The number of ether oxygens (including phenoxy) is 4. The van der Waals surface area contributed by atoms with Gasteiger partial charge in [-0.05, 0) is 0 Å². The number of carboxylic acid groups (broad SMARTS) is 1. The van der Waals surface area contributed by atoms with Gasteiger partial charge in [0.2, 0.25) is 0 Å². The average Bonchev–Trinajstić information content (AvgIpc) is 2.95. The van der Waals surface area contributed by atoms with Crippen molar-refractivity contribution in [2.45, 2.75) is 19.3 Å². The topological polar surface area (TPSA) is 77.1 Å². The van der Waals surface area contributed by atoms with Gasteiger partial charge in [0.05, 0.1) is 59.8 Å². The number of aliphatic carboxylic acids is 1. The Morgan fingerprint density at radius 3 is 1.96 bits per heavy atom. The molecule has 0 N–H and O–H groups in total. The highest BCUT2D eigenvalue weighted by Crippen LogP contribution is 2.15. The summed E-state index contributed by atoms with van der Waals surface area (Å²) in [6, 6.07) is 0. The Balaban J connectivity index is 0.000000433. The Hall–Kier alpha value is -0.730. The normalized spacial score (nSPS) is 16.0. The molecule has 0 aromatic heterocycles. The van der Waals surface area contributed by atoms with Crippen LogP contribution < -0.4 is 5.11 Å². The summed E-state index contributed by atoms with van der Waals surface area (Å²) < 4.78 is 21.0. The first-order valence-electron chi connectivity index (χ1n) is 8.21. The predicted molar refractivity (Wildman–Crippen MR) is 85.0 cm³/mol. The lowest BCUT2D eigenvalue weighted by atomic mass is 10.4. The molecule has 1 rings (SSSR count). The number of carbonyl (C=O) groups excluding carboxylic acids is 1. The molecule has 0 aromatic rings. The highest BCUT2D eigenvalue weighted by molar-refractivity contribution is 5.64. The van der Waals surface area contributed by atoms with Gasteiger partial charge in [0.1, 0.15) is 6.54 Å². The van der Waals surface area contributed by atoms with Gasteiger partial charge in [-0.1, -0.05) is 0 Å². The summed E-state index contributed by atoms with van der Waals surface area (Å²) >= 11 is 0. The number of hydrogen-bond acceptors (Lipinski definition) is 6. The highest BCUT2D eigenvalue weighted by atomic mass is 16.5. The molecule has 1 aliphatic rings.